The minimum atomic E-state index is 0.194. The zero-order valence-corrected chi connectivity index (χ0v) is 4.76. The lowest BCUT2D eigenvalue weighted by Crippen LogP contribution is -2.02. The summed E-state index contributed by atoms with van der Waals surface area (Å²) in [5, 5.41) is 0. The van der Waals surface area contributed by atoms with Gasteiger partial charge in [0.25, 0.3) is 0 Å². The van der Waals surface area contributed by atoms with E-state index in [0.717, 1.165) is 25.5 Å². The summed E-state index contributed by atoms with van der Waals surface area (Å²) >= 11 is 0. The van der Waals surface area contributed by atoms with E-state index in [2.05, 4.69) is 0 Å². The van der Waals surface area contributed by atoms with E-state index in [9.17, 15) is 4.79 Å². The van der Waals surface area contributed by atoms with Crippen LogP contribution in [-0.4, -0.2) is 6.29 Å². The van der Waals surface area contributed by atoms with E-state index in [1.54, 1.807) is 0 Å². The predicted molar refractivity (Wildman–Crippen MR) is 32.5 cm³/mol. The summed E-state index contributed by atoms with van der Waals surface area (Å²) in [5.74, 6) is 0.194. The third-order valence-corrected chi connectivity index (χ3v) is 1.42. The molecule has 8 heavy (non-hydrogen) atoms. The first-order valence-corrected chi connectivity index (χ1v) is 2.94. The van der Waals surface area contributed by atoms with Crippen LogP contribution in [0.3, 0.4) is 0 Å². The second-order valence-corrected chi connectivity index (χ2v) is 2.08. The van der Waals surface area contributed by atoms with Crippen molar-refractivity contribution >= 4 is 6.29 Å². The highest BCUT2D eigenvalue weighted by Crippen LogP contribution is 2.14. The average Bonchev–Trinajstić information content (AvgIpc) is 1.90. The van der Waals surface area contributed by atoms with Crippen molar-refractivity contribution in [3.8, 4) is 0 Å². The topological polar surface area (TPSA) is 17.1 Å². The first kappa shape index (κ1) is 4.30. The van der Waals surface area contributed by atoms with Crippen molar-refractivity contribution in [3.63, 3.8) is 0 Å². The van der Waals surface area contributed by atoms with Crippen LogP contribution in [0.25, 0.3) is 0 Å². The Morgan fingerprint density at radius 3 is 3.25 bits per heavy atom. The Kier molecular flexibility index (Phi) is 1.43. The Morgan fingerprint density at radius 1 is 1.88 bits per heavy atom. The van der Waals surface area contributed by atoms with Crippen LogP contribution in [0.4, 0.5) is 0 Å². The molecule has 1 aliphatic carbocycles. The number of aldehydes is 1. The molecule has 0 fully saturated rings. The van der Waals surface area contributed by atoms with Crippen molar-refractivity contribution in [3.05, 3.63) is 12.1 Å². The van der Waals surface area contributed by atoms with Crippen LogP contribution in [-0.2, 0) is 4.79 Å². The van der Waals surface area contributed by atoms with Gasteiger partial charge in [-0.3, -0.25) is 0 Å². The number of carbonyl (C=O) groups excluding carboxylic acids is 1. The number of carbonyl (C=O) groups is 1. The third-order valence-electron chi connectivity index (χ3n) is 1.42. The predicted octanol–water partition coefficient (Wildman–Crippen LogP) is 1.54. The lowest BCUT2D eigenvalue weighted by molar-refractivity contribution is -0.111. The summed E-state index contributed by atoms with van der Waals surface area (Å²) in [7, 11) is 0. The van der Waals surface area contributed by atoms with Crippen LogP contribution < -0.4 is 0 Å². The molecule has 0 spiro atoms. The van der Waals surface area contributed by atoms with Crippen LogP contribution in [0.15, 0.2) is 12.1 Å². The zero-order chi connectivity index (χ0) is 6.69. The molecular weight excluding hydrogens is 100 g/mol. The van der Waals surface area contributed by atoms with Crippen LogP contribution in [0.1, 0.15) is 20.6 Å². The normalized spacial score (nSPS) is 30.8. The highest BCUT2D eigenvalue weighted by atomic mass is 16.1. The summed E-state index contributed by atoms with van der Waals surface area (Å²) in [4.78, 5) is 10.2. The molecule has 44 valence electrons. The Labute approximate surface area is 50.8 Å². The van der Waals surface area contributed by atoms with E-state index in [0.29, 0.717) is 6.05 Å². The van der Waals surface area contributed by atoms with Crippen molar-refractivity contribution in [2.45, 2.75) is 19.3 Å². The molecule has 0 heterocycles. The largest absolute Gasteiger partial charge is 0.303 e. The van der Waals surface area contributed by atoms with Crippen LogP contribution in [0.5, 0.6) is 0 Å². The van der Waals surface area contributed by atoms with Crippen LogP contribution >= 0.6 is 0 Å². The Morgan fingerprint density at radius 2 is 2.75 bits per heavy atom. The van der Waals surface area contributed by atoms with Gasteiger partial charge in [-0.1, -0.05) is 12.1 Å². The molecule has 1 atom stereocenters. The summed E-state index contributed by atoms with van der Waals surface area (Å²) in [6.45, 7) is 0. The van der Waals surface area contributed by atoms with Gasteiger partial charge < -0.3 is 4.79 Å². The van der Waals surface area contributed by atoms with E-state index in [4.69, 9.17) is 1.37 Å². The van der Waals surface area contributed by atoms with Gasteiger partial charge in [-0.2, -0.15) is 0 Å². The molecule has 0 amide bonds. The minimum absolute atomic E-state index is 0.194. The Bertz CT molecular complexity index is 140. The van der Waals surface area contributed by atoms with Crippen molar-refractivity contribution in [2.24, 2.45) is 5.92 Å². The number of allylic oxidation sites excluding steroid dienone is 2. The standard InChI is InChI=1S/C7H10O/c8-6-7-4-2-1-3-5-7/h1-2,6-7H,3-5H2/i1D. The Balaban J connectivity index is 2.45. The maximum absolute atomic E-state index is 10.2. The smallest absolute Gasteiger partial charge is 0.123 e. The first-order valence-electron chi connectivity index (χ1n) is 3.44. The van der Waals surface area contributed by atoms with Gasteiger partial charge in [-0.15, -0.1) is 0 Å². The van der Waals surface area contributed by atoms with Gasteiger partial charge in [0.15, 0.2) is 0 Å². The van der Waals surface area contributed by atoms with Gasteiger partial charge in [0.1, 0.15) is 6.29 Å². The van der Waals surface area contributed by atoms with Crippen molar-refractivity contribution in [2.75, 3.05) is 0 Å². The maximum Gasteiger partial charge on any atom is 0.123 e. The highest BCUT2D eigenvalue weighted by Gasteiger charge is 2.05. The molecule has 1 nitrogen and oxygen atoms in total. The lowest BCUT2D eigenvalue weighted by Gasteiger charge is -2.08. The SMILES string of the molecule is [2H]C1=CCC(C=O)CC1. The number of hydrogen-bond donors (Lipinski definition) is 0. The fraction of sp³-hybridized carbons (Fsp3) is 0.571. The number of rotatable bonds is 1. The lowest BCUT2D eigenvalue weighted by atomic mass is 9.96. The molecule has 0 saturated heterocycles. The number of hydrogen-bond acceptors (Lipinski definition) is 1. The molecule has 0 aliphatic heterocycles. The molecule has 1 unspecified atom stereocenters. The fourth-order valence-corrected chi connectivity index (χ4v) is 0.847. The maximum atomic E-state index is 10.2. The first-order chi connectivity index (χ1) is 4.33. The van der Waals surface area contributed by atoms with Gasteiger partial charge >= 0.3 is 0 Å². The second-order valence-electron chi connectivity index (χ2n) is 2.08. The molecular formula is C7H10O. The van der Waals surface area contributed by atoms with Crippen LogP contribution in [0.2, 0.25) is 0 Å². The van der Waals surface area contributed by atoms with Gasteiger partial charge in [0, 0.05) is 5.92 Å². The third kappa shape index (κ3) is 1.19. The van der Waals surface area contributed by atoms with E-state index in [1.165, 1.54) is 0 Å². The summed E-state index contributed by atoms with van der Waals surface area (Å²) in [6, 6.07) is 0.688. The molecule has 0 aromatic heterocycles. The molecule has 0 N–H and O–H groups in total. The van der Waals surface area contributed by atoms with Crippen LogP contribution in [0, 0.1) is 5.92 Å². The molecule has 0 saturated carbocycles. The van der Waals surface area contributed by atoms with Crippen molar-refractivity contribution in [1.82, 2.24) is 0 Å². The van der Waals surface area contributed by atoms with E-state index >= 15 is 0 Å². The van der Waals surface area contributed by atoms with E-state index < -0.39 is 0 Å². The molecule has 0 aromatic rings. The summed E-state index contributed by atoms with van der Waals surface area (Å²) < 4.78 is 7.18. The Hall–Kier alpha value is -0.590. The molecule has 1 aliphatic rings. The van der Waals surface area contributed by atoms with Gasteiger partial charge in [0.2, 0.25) is 0 Å². The fourth-order valence-electron chi connectivity index (χ4n) is 0.847. The molecule has 0 radical (unpaired) electrons. The van der Waals surface area contributed by atoms with E-state index in [-0.39, 0.29) is 5.92 Å². The monoisotopic (exact) mass is 111 g/mol. The van der Waals surface area contributed by atoms with E-state index in [1.807, 2.05) is 6.08 Å². The molecule has 1 heteroatoms. The zero-order valence-electron chi connectivity index (χ0n) is 5.76. The quantitative estimate of drug-likeness (QED) is 0.370. The summed E-state index contributed by atoms with van der Waals surface area (Å²) in [6.07, 6.45) is 5.26. The summed E-state index contributed by atoms with van der Waals surface area (Å²) in [5.41, 5.74) is 0. The average molecular weight is 111 g/mol. The van der Waals surface area contributed by atoms with Gasteiger partial charge in [-0.05, 0) is 19.3 Å². The van der Waals surface area contributed by atoms with Crippen molar-refractivity contribution < 1.29 is 6.17 Å². The van der Waals surface area contributed by atoms with Gasteiger partial charge in [-0.25, -0.2) is 0 Å². The van der Waals surface area contributed by atoms with Gasteiger partial charge in [0.05, 0.1) is 1.37 Å². The van der Waals surface area contributed by atoms with Crippen molar-refractivity contribution in [1.29, 1.82) is 0 Å². The second kappa shape index (κ2) is 2.65. The molecule has 1 rings (SSSR count). The highest BCUT2D eigenvalue weighted by molar-refractivity contribution is 5.54. The molecule has 0 bridgehead atoms. The minimum Gasteiger partial charge on any atom is -0.303 e. The molecule has 0 aromatic carbocycles.